The van der Waals surface area contributed by atoms with Crippen molar-refractivity contribution >= 4 is 5.91 Å². The first-order valence-corrected chi connectivity index (χ1v) is 9.83. The molecule has 3 aromatic rings. The maximum atomic E-state index is 13.3. The second kappa shape index (κ2) is 8.00. The molecular formula is C25H25NO3. The van der Waals surface area contributed by atoms with E-state index in [0.717, 1.165) is 28.2 Å². The Bertz CT molecular complexity index is 946. The molecule has 1 aliphatic rings. The van der Waals surface area contributed by atoms with Crippen molar-refractivity contribution in [2.24, 2.45) is 5.92 Å². The standard InChI is InChI=1S/C25H25NO3/c1-25(20-9-5-3-6-10-20,21-11-7-4-8-12-21)26-24(27)19-15-18-13-14-22(28-2)16-23(18)29-17-19/h3-14,16,19H,15,17H2,1-2H3,(H,26,27). The Balaban J connectivity index is 1.59. The summed E-state index contributed by atoms with van der Waals surface area (Å²) in [6, 6.07) is 25.9. The number of hydrogen-bond acceptors (Lipinski definition) is 3. The van der Waals surface area contributed by atoms with Crippen molar-refractivity contribution in [3.63, 3.8) is 0 Å². The summed E-state index contributed by atoms with van der Waals surface area (Å²) in [5.74, 6) is 1.29. The number of nitrogens with one attached hydrogen (secondary N) is 1. The van der Waals surface area contributed by atoms with Gasteiger partial charge in [-0.15, -0.1) is 0 Å². The lowest BCUT2D eigenvalue weighted by molar-refractivity contribution is -0.127. The largest absolute Gasteiger partial charge is 0.497 e. The van der Waals surface area contributed by atoms with Crippen LogP contribution in [-0.4, -0.2) is 19.6 Å². The Labute approximate surface area is 171 Å². The molecule has 4 rings (SSSR count). The summed E-state index contributed by atoms with van der Waals surface area (Å²) in [4.78, 5) is 13.3. The highest BCUT2D eigenvalue weighted by Crippen LogP contribution is 2.33. The molecule has 1 aliphatic heterocycles. The third kappa shape index (κ3) is 3.83. The molecule has 0 aromatic heterocycles. The monoisotopic (exact) mass is 387 g/mol. The third-order valence-electron chi connectivity index (χ3n) is 5.63. The zero-order valence-corrected chi connectivity index (χ0v) is 16.7. The summed E-state index contributed by atoms with van der Waals surface area (Å²) < 4.78 is 11.1. The van der Waals surface area contributed by atoms with Gasteiger partial charge in [0.25, 0.3) is 0 Å². The van der Waals surface area contributed by atoms with Crippen LogP contribution in [0.3, 0.4) is 0 Å². The SMILES string of the molecule is COc1ccc2c(c1)OCC(C(=O)NC(C)(c1ccccc1)c1ccccc1)C2. The molecule has 0 saturated heterocycles. The van der Waals surface area contributed by atoms with Crippen LogP contribution in [0.4, 0.5) is 0 Å². The van der Waals surface area contributed by atoms with Gasteiger partial charge in [-0.1, -0.05) is 66.7 Å². The zero-order chi connectivity index (χ0) is 20.3. The number of ether oxygens (including phenoxy) is 2. The average Bonchev–Trinajstić information content (AvgIpc) is 2.79. The van der Waals surface area contributed by atoms with Crippen LogP contribution in [0.25, 0.3) is 0 Å². The molecule has 1 unspecified atom stereocenters. The number of fused-ring (bicyclic) bond motifs is 1. The van der Waals surface area contributed by atoms with Gasteiger partial charge in [-0.05, 0) is 36.1 Å². The normalized spacial score (nSPS) is 15.7. The molecule has 0 spiro atoms. The van der Waals surface area contributed by atoms with Crippen LogP contribution >= 0.6 is 0 Å². The molecule has 148 valence electrons. The quantitative estimate of drug-likeness (QED) is 0.709. The molecule has 4 nitrogen and oxygen atoms in total. The van der Waals surface area contributed by atoms with Crippen molar-refractivity contribution in [2.45, 2.75) is 18.9 Å². The topological polar surface area (TPSA) is 47.6 Å². The highest BCUT2D eigenvalue weighted by molar-refractivity contribution is 5.81. The maximum absolute atomic E-state index is 13.3. The second-order valence-corrected chi connectivity index (χ2v) is 7.53. The van der Waals surface area contributed by atoms with Gasteiger partial charge < -0.3 is 14.8 Å². The van der Waals surface area contributed by atoms with Crippen LogP contribution in [-0.2, 0) is 16.8 Å². The predicted molar refractivity (Wildman–Crippen MR) is 113 cm³/mol. The van der Waals surface area contributed by atoms with Gasteiger partial charge in [0.1, 0.15) is 18.1 Å². The fourth-order valence-electron chi connectivity index (χ4n) is 3.85. The predicted octanol–water partition coefficient (Wildman–Crippen LogP) is 4.33. The Morgan fingerprint density at radius 3 is 2.21 bits per heavy atom. The second-order valence-electron chi connectivity index (χ2n) is 7.53. The van der Waals surface area contributed by atoms with Gasteiger partial charge in [0.05, 0.1) is 18.6 Å². The Kier molecular flexibility index (Phi) is 5.26. The number of rotatable bonds is 5. The van der Waals surface area contributed by atoms with Gasteiger partial charge in [0.2, 0.25) is 5.91 Å². The van der Waals surface area contributed by atoms with Crippen LogP contribution in [0.5, 0.6) is 11.5 Å². The Hall–Kier alpha value is -3.27. The van der Waals surface area contributed by atoms with Gasteiger partial charge in [-0.25, -0.2) is 0 Å². The molecule has 0 aliphatic carbocycles. The summed E-state index contributed by atoms with van der Waals surface area (Å²) >= 11 is 0. The molecule has 0 saturated carbocycles. The van der Waals surface area contributed by atoms with E-state index in [4.69, 9.17) is 9.47 Å². The molecule has 3 aromatic carbocycles. The first-order chi connectivity index (χ1) is 14.1. The minimum atomic E-state index is -0.625. The van der Waals surface area contributed by atoms with Gasteiger partial charge in [-0.3, -0.25) is 4.79 Å². The maximum Gasteiger partial charge on any atom is 0.227 e. The smallest absolute Gasteiger partial charge is 0.227 e. The first kappa shape index (κ1) is 19.1. The number of carbonyl (C=O) groups excluding carboxylic acids is 1. The number of amides is 1. The van der Waals surface area contributed by atoms with E-state index < -0.39 is 5.54 Å². The van der Waals surface area contributed by atoms with Crippen LogP contribution in [0.2, 0.25) is 0 Å². The van der Waals surface area contributed by atoms with Crippen LogP contribution in [0.1, 0.15) is 23.6 Å². The highest BCUT2D eigenvalue weighted by Gasteiger charge is 2.34. The Morgan fingerprint density at radius 1 is 1.00 bits per heavy atom. The van der Waals surface area contributed by atoms with Crippen LogP contribution in [0, 0.1) is 5.92 Å². The lowest BCUT2D eigenvalue weighted by Crippen LogP contribution is -2.48. The fourth-order valence-corrected chi connectivity index (χ4v) is 3.85. The molecule has 0 fully saturated rings. The third-order valence-corrected chi connectivity index (χ3v) is 5.63. The first-order valence-electron chi connectivity index (χ1n) is 9.83. The minimum absolute atomic E-state index is 0.0123. The number of benzene rings is 3. The van der Waals surface area contributed by atoms with E-state index in [1.54, 1.807) is 7.11 Å². The van der Waals surface area contributed by atoms with Crippen molar-refractivity contribution in [1.82, 2.24) is 5.32 Å². The molecular weight excluding hydrogens is 362 g/mol. The molecule has 0 radical (unpaired) electrons. The fraction of sp³-hybridized carbons (Fsp3) is 0.240. The molecule has 1 amide bonds. The van der Waals surface area contributed by atoms with E-state index in [9.17, 15) is 4.79 Å². The van der Waals surface area contributed by atoms with Gasteiger partial charge in [-0.2, -0.15) is 0 Å². The van der Waals surface area contributed by atoms with E-state index in [2.05, 4.69) is 12.2 Å². The summed E-state index contributed by atoms with van der Waals surface area (Å²) in [7, 11) is 1.63. The highest BCUT2D eigenvalue weighted by atomic mass is 16.5. The van der Waals surface area contributed by atoms with E-state index >= 15 is 0 Å². The molecule has 29 heavy (non-hydrogen) atoms. The van der Waals surface area contributed by atoms with Crippen molar-refractivity contribution in [2.75, 3.05) is 13.7 Å². The van der Waals surface area contributed by atoms with Gasteiger partial charge >= 0.3 is 0 Å². The van der Waals surface area contributed by atoms with E-state index in [1.807, 2.05) is 78.9 Å². The molecule has 4 heteroatoms. The van der Waals surface area contributed by atoms with Crippen molar-refractivity contribution in [3.8, 4) is 11.5 Å². The molecule has 1 N–H and O–H groups in total. The zero-order valence-electron chi connectivity index (χ0n) is 16.7. The van der Waals surface area contributed by atoms with Crippen LogP contribution in [0.15, 0.2) is 78.9 Å². The van der Waals surface area contributed by atoms with Crippen molar-refractivity contribution in [3.05, 3.63) is 95.6 Å². The van der Waals surface area contributed by atoms with Gasteiger partial charge in [0.15, 0.2) is 0 Å². The number of hydrogen-bond donors (Lipinski definition) is 1. The summed E-state index contributed by atoms with van der Waals surface area (Å²) in [6.07, 6.45) is 0.644. The van der Waals surface area contributed by atoms with E-state index in [1.165, 1.54) is 0 Å². The number of carbonyl (C=O) groups is 1. The molecule has 0 bridgehead atoms. The summed E-state index contributed by atoms with van der Waals surface area (Å²) in [5, 5.41) is 3.31. The lowest BCUT2D eigenvalue weighted by atomic mass is 9.83. The minimum Gasteiger partial charge on any atom is -0.497 e. The van der Waals surface area contributed by atoms with Crippen LogP contribution < -0.4 is 14.8 Å². The lowest BCUT2D eigenvalue weighted by Gasteiger charge is -2.35. The van der Waals surface area contributed by atoms with Crippen molar-refractivity contribution in [1.29, 1.82) is 0 Å². The van der Waals surface area contributed by atoms with Crippen molar-refractivity contribution < 1.29 is 14.3 Å². The van der Waals surface area contributed by atoms with E-state index in [-0.39, 0.29) is 11.8 Å². The molecule has 1 atom stereocenters. The average molecular weight is 387 g/mol. The van der Waals surface area contributed by atoms with E-state index in [0.29, 0.717) is 13.0 Å². The summed E-state index contributed by atoms with van der Waals surface area (Å²) in [6.45, 7) is 2.41. The number of methoxy groups -OCH3 is 1. The Morgan fingerprint density at radius 2 is 1.62 bits per heavy atom. The molecule has 1 heterocycles. The summed E-state index contributed by atoms with van der Waals surface area (Å²) in [5.41, 5.74) is 2.49. The van der Waals surface area contributed by atoms with Gasteiger partial charge in [0, 0.05) is 6.07 Å².